The smallest absolute Gasteiger partial charge is 0.191 e. The molecule has 0 saturated carbocycles. The van der Waals surface area contributed by atoms with Crippen molar-refractivity contribution < 1.29 is 9.47 Å². The summed E-state index contributed by atoms with van der Waals surface area (Å²) in [5.74, 6) is 2.21. The maximum Gasteiger partial charge on any atom is 0.191 e. The van der Waals surface area contributed by atoms with Gasteiger partial charge in [0.15, 0.2) is 17.5 Å². The van der Waals surface area contributed by atoms with Gasteiger partial charge in [-0.2, -0.15) is 0 Å². The first kappa shape index (κ1) is 22.5. The Morgan fingerprint density at radius 1 is 1.15 bits per heavy atom. The van der Waals surface area contributed by atoms with Crippen LogP contribution < -0.4 is 20.1 Å². The standard InChI is InChI=1S/C18H26N4O2S.HI/c1-12-13(2)25-17(22-12)8-9-20-18(19-3)21-11-14-6-7-15(23-4)16(10-14)24-5;/h6-7,10H,8-9,11H2,1-5H3,(H2,19,20,21);1H. The molecular weight excluding hydrogens is 463 g/mol. The molecular formula is C18H27IN4O2S. The molecule has 144 valence electrons. The third-order valence-corrected chi connectivity index (χ3v) is 4.97. The molecule has 0 radical (unpaired) electrons. The fourth-order valence-corrected chi connectivity index (χ4v) is 3.26. The quantitative estimate of drug-likeness (QED) is 0.354. The normalized spacial score (nSPS) is 10.9. The summed E-state index contributed by atoms with van der Waals surface area (Å²) in [5, 5.41) is 7.77. The lowest BCUT2D eigenvalue weighted by Gasteiger charge is -2.13. The molecule has 0 aliphatic rings. The minimum Gasteiger partial charge on any atom is -0.493 e. The van der Waals surface area contributed by atoms with Gasteiger partial charge in [0.25, 0.3) is 0 Å². The molecule has 0 amide bonds. The Labute approximate surface area is 176 Å². The molecule has 6 nitrogen and oxygen atoms in total. The van der Waals surface area contributed by atoms with Crippen LogP contribution in [0.15, 0.2) is 23.2 Å². The van der Waals surface area contributed by atoms with E-state index in [1.165, 1.54) is 4.88 Å². The Balaban J connectivity index is 0.00000338. The van der Waals surface area contributed by atoms with Crippen LogP contribution in [-0.4, -0.2) is 38.8 Å². The van der Waals surface area contributed by atoms with Crippen molar-refractivity contribution in [3.63, 3.8) is 0 Å². The van der Waals surface area contributed by atoms with Crippen molar-refractivity contribution in [3.8, 4) is 11.5 Å². The van der Waals surface area contributed by atoms with Crippen LogP contribution in [0.5, 0.6) is 11.5 Å². The molecule has 1 aromatic heterocycles. The minimum absolute atomic E-state index is 0. The van der Waals surface area contributed by atoms with Crippen molar-refractivity contribution in [3.05, 3.63) is 39.3 Å². The number of nitrogens with zero attached hydrogens (tertiary/aromatic N) is 2. The molecule has 2 rings (SSSR count). The number of halogens is 1. The molecule has 0 bridgehead atoms. The average molecular weight is 490 g/mol. The van der Waals surface area contributed by atoms with E-state index in [4.69, 9.17) is 9.47 Å². The number of nitrogens with one attached hydrogen (secondary N) is 2. The van der Waals surface area contributed by atoms with Crippen LogP contribution >= 0.6 is 35.3 Å². The lowest BCUT2D eigenvalue weighted by molar-refractivity contribution is 0.354. The zero-order valence-corrected chi connectivity index (χ0v) is 19.0. The molecule has 0 atom stereocenters. The van der Waals surface area contributed by atoms with Crippen LogP contribution in [0.25, 0.3) is 0 Å². The van der Waals surface area contributed by atoms with E-state index in [-0.39, 0.29) is 24.0 Å². The highest BCUT2D eigenvalue weighted by Crippen LogP contribution is 2.27. The summed E-state index contributed by atoms with van der Waals surface area (Å²) in [4.78, 5) is 10.1. The van der Waals surface area contributed by atoms with Gasteiger partial charge in [-0.1, -0.05) is 6.07 Å². The summed E-state index contributed by atoms with van der Waals surface area (Å²) in [6, 6.07) is 5.86. The topological polar surface area (TPSA) is 67.8 Å². The Morgan fingerprint density at radius 2 is 1.88 bits per heavy atom. The number of aromatic nitrogens is 1. The van der Waals surface area contributed by atoms with E-state index in [0.29, 0.717) is 6.54 Å². The number of thiazole rings is 1. The molecule has 2 aromatic rings. The Hall–Kier alpha value is -1.55. The van der Waals surface area contributed by atoms with Gasteiger partial charge in [0.2, 0.25) is 0 Å². The van der Waals surface area contributed by atoms with Gasteiger partial charge in [-0.25, -0.2) is 4.98 Å². The number of ether oxygens (including phenoxy) is 2. The molecule has 0 aliphatic heterocycles. The largest absolute Gasteiger partial charge is 0.493 e. The van der Waals surface area contributed by atoms with Gasteiger partial charge in [-0.15, -0.1) is 35.3 Å². The fourth-order valence-electron chi connectivity index (χ4n) is 2.33. The summed E-state index contributed by atoms with van der Waals surface area (Å²) < 4.78 is 10.6. The van der Waals surface area contributed by atoms with Crippen LogP contribution in [0.4, 0.5) is 0 Å². The summed E-state index contributed by atoms with van der Waals surface area (Å²) in [7, 11) is 5.03. The SMILES string of the molecule is CN=C(NCCc1nc(C)c(C)s1)NCc1ccc(OC)c(OC)c1.I. The maximum absolute atomic E-state index is 5.33. The third-order valence-electron chi connectivity index (χ3n) is 3.84. The summed E-state index contributed by atoms with van der Waals surface area (Å²) >= 11 is 1.75. The Kier molecular flexibility index (Phi) is 9.71. The summed E-state index contributed by atoms with van der Waals surface area (Å²) in [6.45, 7) is 5.59. The van der Waals surface area contributed by atoms with Crippen molar-refractivity contribution in [2.24, 2.45) is 4.99 Å². The zero-order chi connectivity index (χ0) is 18.2. The van der Waals surface area contributed by atoms with Crippen molar-refractivity contribution >= 4 is 41.3 Å². The van der Waals surface area contributed by atoms with Gasteiger partial charge in [0.05, 0.1) is 24.9 Å². The van der Waals surface area contributed by atoms with Crippen molar-refractivity contribution in [2.45, 2.75) is 26.8 Å². The van der Waals surface area contributed by atoms with E-state index in [1.807, 2.05) is 25.1 Å². The number of aliphatic imine (C=N–C) groups is 1. The highest BCUT2D eigenvalue weighted by atomic mass is 127. The van der Waals surface area contributed by atoms with E-state index in [1.54, 1.807) is 32.6 Å². The van der Waals surface area contributed by atoms with Crippen LogP contribution in [0.1, 0.15) is 21.1 Å². The molecule has 0 spiro atoms. The van der Waals surface area contributed by atoms with Crippen molar-refractivity contribution in [1.82, 2.24) is 15.6 Å². The Bertz CT molecular complexity index is 714. The first-order chi connectivity index (χ1) is 12.1. The van der Waals surface area contributed by atoms with Gasteiger partial charge in [-0.3, -0.25) is 4.99 Å². The van der Waals surface area contributed by atoms with E-state index < -0.39 is 0 Å². The second kappa shape index (κ2) is 11.2. The molecule has 2 N–H and O–H groups in total. The molecule has 26 heavy (non-hydrogen) atoms. The second-order valence-corrected chi connectivity index (χ2v) is 6.83. The molecule has 0 saturated heterocycles. The molecule has 1 heterocycles. The molecule has 0 fully saturated rings. The minimum atomic E-state index is 0. The fraction of sp³-hybridized carbons (Fsp3) is 0.444. The van der Waals surface area contributed by atoms with Gasteiger partial charge >= 0.3 is 0 Å². The Morgan fingerprint density at radius 3 is 2.46 bits per heavy atom. The van der Waals surface area contributed by atoms with Crippen LogP contribution in [0.2, 0.25) is 0 Å². The zero-order valence-electron chi connectivity index (χ0n) is 15.9. The third kappa shape index (κ3) is 6.31. The number of hydrogen-bond donors (Lipinski definition) is 2. The van der Waals surface area contributed by atoms with Gasteiger partial charge < -0.3 is 20.1 Å². The maximum atomic E-state index is 5.33. The number of rotatable bonds is 7. The monoisotopic (exact) mass is 490 g/mol. The number of methoxy groups -OCH3 is 2. The number of guanidine groups is 1. The predicted octanol–water partition coefficient (Wildman–Crippen LogP) is 3.30. The van der Waals surface area contributed by atoms with E-state index in [9.17, 15) is 0 Å². The summed E-state index contributed by atoms with van der Waals surface area (Å²) in [5.41, 5.74) is 2.21. The van der Waals surface area contributed by atoms with Gasteiger partial charge in [0, 0.05) is 31.4 Å². The van der Waals surface area contributed by atoms with Crippen LogP contribution in [0.3, 0.4) is 0 Å². The molecule has 0 unspecified atom stereocenters. The number of hydrogen-bond acceptors (Lipinski definition) is 5. The summed E-state index contributed by atoms with van der Waals surface area (Å²) in [6.07, 6.45) is 0.885. The highest BCUT2D eigenvalue weighted by molar-refractivity contribution is 14.0. The van der Waals surface area contributed by atoms with E-state index >= 15 is 0 Å². The van der Waals surface area contributed by atoms with Crippen LogP contribution in [0, 0.1) is 13.8 Å². The second-order valence-electron chi connectivity index (χ2n) is 5.54. The lowest BCUT2D eigenvalue weighted by Crippen LogP contribution is -2.37. The van der Waals surface area contributed by atoms with Gasteiger partial charge in [-0.05, 0) is 31.5 Å². The highest BCUT2D eigenvalue weighted by Gasteiger charge is 2.06. The van der Waals surface area contributed by atoms with Gasteiger partial charge in [0.1, 0.15) is 0 Å². The molecule has 8 heteroatoms. The van der Waals surface area contributed by atoms with E-state index in [0.717, 1.165) is 46.7 Å². The number of aryl methyl sites for hydroxylation is 2. The first-order valence-corrected chi connectivity index (χ1v) is 8.97. The predicted molar refractivity (Wildman–Crippen MR) is 118 cm³/mol. The lowest BCUT2D eigenvalue weighted by atomic mass is 10.2. The van der Waals surface area contributed by atoms with Crippen molar-refractivity contribution in [2.75, 3.05) is 27.8 Å². The van der Waals surface area contributed by atoms with Crippen LogP contribution in [-0.2, 0) is 13.0 Å². The van der Waals surface area contributed by atoms with E-state index in [2.05, 4.69) is 27.5 Å². The number of benzene rings is 1. The first-order valence-electron chi connectivity index (χ1n) is 8.15. The molecule has 0 aliphatic carbocycles. The molecule has 1 aromatic carbocycles. The van der Waals surface area contributed by atoms with Crippen molar-refractivity contribution in [1.29, 1.82) is 0 Å². The average Bonchev–Trinajstić information content (AvgIpc) is 2.95.